The monoisotopic (exact) mass is 295 g/mol. The lowest BCUT2D eigenvalue weighted by Gasteiger charge is -2.44. The van der Waals surface area contributed by atoms with Gasteiger partial charge in [0.2, 0.25) is 0 Å². The van der Waals surface area contributed by atoms with Crippen molar-refractivity contribution in [3.63, 3.8) is 0 Å². The molecule has 2 fully saturated rings. The molecule has 20 heavy (non-hydrogen) atoms. The van der Waals surface area contributed by atoms with Gasteiger partial charge in [-0.25, -0.2) is 4.98 Å². The van der Waals surface area contributed by atoms with Gasteiger partial charge in [-0.05, 0) is 31.6 Å². The summed E-state index contributed by atoms with van der Waals surface area (Å²) in [5.41, 5.74) is 0.0259. The summed E-state index contributed by atoms with van der Waals surface area (Å²) in [4.78, 5) is 17.1. The van der Waals surface area contributed by atoms with Crippen molar-refractivity contribution in [2.24, 2.45) is 5.92 Å². The Morgan fingerprint density at radius 3 is 2.80 bits per heavy atom. The van der Waals surface area contributed by atoms with Gasteiger partial charge in [0.1, 0.15) is 11.0 Å². The molecule has 0 spiro atoms. The summed E-state index contributed by atoms with van der Waals surface area (Å²) in [7, 11) is 0. The second-order valence-electron chi connectivity index (χ2n) is 5.71. The first-order chi connectivity index (χ1) is 9.65. The Morgan fingerprint density at radius 2 is 2.00 bits per heavy atom. The molecule has 3 rings (SSSR count). The van der Waals surface area contributed by atoms with Gasteiger partial charge < -0.3 is 4.90 Å². The third-order valence-corrected chi connectivity index (χ3v) is 4.71. The number of halogens is 1. The lowest BCUT2D eigenvalue weighted by Crippen LogP contribution is -2.47. The molecule has 0 unspecified atom stereocenters. The topological polar surface area (TPSA) is 59.3 Å². The van der Waals surface area contributed by atoms with Crippen LogP contribution in [-0.2, 0) is 0 Å². The van der Waals surface area contributed by atoms with E-state index in [4.69, 9.17) is 11.6 Å². The van der Waals surface area contributed by atoms with Gasteiger partial charge >= 0.3 is 0 Å². The fourth-order valence-electron chi connectivity index (χ4n) is 3.63. The van der Waals surface area contributed by atoms with Crippen molar-refractivity contribution >= 4 is 23.1 Å². The number of hydrogen-bond donors (Lipinski definition) is 0. The predicted octanol–water partition coefficient (Wildman–Crippen LogP) is 3.80. The lowest BCUT2D eigenvalue weighted by atomic mass is 9.78. The molecule has 0 N–H and O–H groups in total. The van der Waals surface area contributed by atoms with Crippen LogP contribution >= 0.6 is 11.6 Å². The maximum atomic E-state index is 11.0. The SMILES string of the molecule is O=[N+]([O-])c1cc(Cl)nc(N2CCC[C@H]3CCCC[C@H]32)c1. The zero-order valence-corrected chi connectivity index (χ0v) is 12.1. The molecule has 6 heteroatoms. The molecular weight excluding hydrogens is 278 g/mol. The molecule has 1 aliphatic heterocycles. The van der Waals surface area contributed by atoms with E-state index in [0.29, 0.717) is 17.8 Å². The van der Waals surface area contributed by atoms with Gasteiger partial charge in [-0.15, -0.1) is 0 Å². The van der Waals surface area contributed by atoms with E-state index in [1.165, 1.54) is 31.7 Å². The highest BCUT2D eigenvalue weighted by Crippen LogP contribution is 2.38. The van der Waals surface area contributed by atoms with E-state index < -0.39 is 4.92 Å². The molecule has 1 saturated heterocycles. The highest BCUT2D eigenvalue weighted by Gasteiger charge is 2.34. The molecule has 0 radical (unpaired) electrons. The van der Waals surface area contributed by atoms with Gasteiger partial charge in [-0.3, -0.25) is 10.1 Å². The largest absolute Gasteiger partial charge is 0.353 e. The smallest absolute Gasteiger partial charge is 0.276 e. The molecule has 2 atom stereocenters. The number of aromatic nitrogens is 1. The van der Waals surface area contributed by atoms with Gasteiger partial charge in [-0.1, -0.05) is 24.4 Å². The Kier molecular flexibility index (Phi) is 3.78. The number of anilines is 1. The highest BCUT2D eigenvalue weighted by molar-refractivity contribution is 6.29. The number of fused-ring (bicyclic) bond motifs is 1. The third-order valence-electron chi connectivity index (χ3n) is 4.51. The summed E-state index contributed by atoms with van der Waals surface area (Å²) >= 11 is 5.95. The van der Waals surface area contributed by atoms with Crippen molar-refractivity contribution < 1.29 is 4.92 Å². The van der Waals surface area contributed by atoms with Crippen molar-refractivity contribution in [2.75, 3.05) is 11.4 Å². The first-order valence-corrected chi connectivity index (χ1v) is 7.61. The highest BCUT2D eigenvalue weighted by atomic mass is 35.5. The Bertz CT molecular complexity index is 521. The van der Waals surface area contributed by atoms with E-state index in [1.54, 1.807) is 6.07 Å². The fourth-order valence-corrected chi connectivity index (χ4v) is 3.83. The van der Waals surface area contributed by atoms with Gasteiger partial charge in [0.25, 0.3) is 5.69 Å². The van der Waals surface area contributed by atoms with Crippen LogP contribution in [0.1, 0.15) is 38.5 Å². The Labute approximate surface area is 123 Å². The molecule has 108 valence electrons. The number of rotatable bonds is 2. The van der Waals surface area contributed by atoms with Gasteiger partial charge in [-0.2, -0.15) is 0 Å². The van der Waals surface area contributed by atoms with E-state index in [0.717, 1.165) is 19.4 Å². The average Bonchev–Trinajstić information content (AvgIpc) is 2.46. The molecule has 1 aromatic heterocycles. The number of piperidine rings is 1. The van der Waals surface area contributed by atoms with Crippen molar-refractivity contribution in [3.8, 4) is 0 Å². The molecule has 0 amide bonds. The van der Waals surface area contributed by atoms with Crippen LogP contribution in [0.2, 0.25) is 5.15 Å². The van der Waals surface area contributed by atoms with Crippen molar-refractivity contribution in [2.45, 2.75) is 44.6 Å². The number of nitro groups is 1. The van der Waals surface area contributed by atoms with Crippen LogP contribution in [0.5, 0.6) is 0 Å². The molecule has 2 heterocycles. The summed E-state index contributed by atoms with van der Waals surface area (Å²) in [6.45, 7) is 0.922. The first kappa shape index (κ1) is 13.6. The zero-order chi connectivity index (χ0) is 14.1. The fraction of sp³-hybridized carbons (Fsp3) is 0.643. The van der Waals surface area contributed by atoms with E-state index in [2.05, 4.69) is 9.88 Å². The van der Waals surface area contributed by atoms with Crippen LogP contribution < -0.4 is 4.90 Å². The second kappa shape index (κ2) is 5.56. The van der Waals surface area contributed by atoms with Crippen molar-refractivity contribution in [1.82, 2.24) is 4.98 Å². The quantitative estimate of drug-likeness (QED) is 0.473. The van der Waals surface area contributed by atoms with Gasteiger partial charge in [0.05, 0.1) is 17.1 Å². The molecule has 0 aromatic carbocycles. The van der Waals surface area contributed by atoms with Crippen LogP contribution in [0, 0.1) is 16.0 Å². The van der Waals surface area contributed by atoms with Gasteiger partial charge in [0.15, 0.2) is 0 Å². The average molecular weight is 296 g/mol. The van der Waals surface area contributed by atoms with E-state index >= 15 is 0 Å². The number of hydrogen-bond acceptors (Lipinski definition) is 4. The summed E-state index contributed by atoms with van der Waals surface area (Å²) in [5.74, 6) is 1.37. The molecule has 2 aliphatic rings. The summed E-state index contributed by atoms with van der Waals surface area (Å²) in [6, 6.07) is 3.35. The summed E-state index contributed by atoms with van der Waals surface area (Å²) in [5, 5.41) is 11.2. The minimum atomic E-state index is -0.403. The number of pyridine rings is 1. The molecule has 0 bridgehead atoms. The van der Waals surface area contributed by atoms with E-state index in [-0.39, 0.29) is 10.8 Å². The van der Waals surface area contributed by atoms with E-state index in [1.807, 2.05) is 0 Å². The minimum absolute atomic E-state index is 0.0259. The normalized spacial score (nSPS) is 26.1. The molecule has 1 aromatic rings. The molecule has 1 saturated carbocycles. The Morgan fingerprint density at radius 1 is 1.25 bits per heavy atom. The van der Waals surface area contributed by atoms with Crippen LogP contribution in [0.3, 0.4) is 0 Å². The van der Waals surface area contributed by atoms with Crippen LogP contribution in [-0.4, -0.2) is 22.5 Å². The van der Waals surface area contributed by atoms with Crippen LogP contribution in [0.15, 0.2) is 12.1 Å². The Balaban J connectivity index is 1.92. The van der Waals surface area contributed by atoms with Crippen LogP contribution in [0.25, 0.3) is 0 Å². The van der Waals surface area contributed by atoms with Gasteiger partial charge in [0, 0.05) is 12.6 Å². The van der Waals surface area contributed by atoms with Crippen molar-refractivity contribution in [1.29, 1.82) is 0 Å². The first-order valence-electron chi connectivity index (χ1n) is 7.24. The maximum absolute atomic E-state index is 11.0. The Hall–Kier alpha value is -1.36. The lowest BCUT2D eigenvalue weighted by molar-refractivity contribution is -0.384. The standard InChI is InChI=1S/C14H18ClN3O2/c15-13-8-11(18(19)20)9-14(16-13)17-7-3-5-10-4-1-2-6-12(10)17/h8-10,12H,1-7H2/t10-,12-/m1/s1. The molecule has 5 nitrogen and oxygen atoms in total. The third kappa shape index (κ3) is 2.59. The summed E-state index contributed by atoms with van der Waals surface area (Å²) < 4.78 is 0. The molecule has 1 aliphatic carbocycles. The minimum Gasteiger partial charge on any atom is -0.353 e. The zero-order valence-electron chi connectivity index (χ0n) is 11.3. The number of nitrogens with zero attached hydrogens (tertiary/aromatic N) is 3. The second-order valence-corrected chi connectivity index (χ2v) is 6.10. The van der Waals surface area contributed by atoms with Crippen LogP contribution in [0.4, 0.5) is 11.5 Å². The molecular formula is C14H18ClN3O2. The maximum Gasteiger partial charge on any atom is 0.276 e. The predicted molar refractivity (Wildman–Crippen MR) is 78.2 cm³/mol. The van der Waals surface area contributed by atoms with Crippen molar-refractivity contribution in [3.05, 3.63) is 27.4 Å². The van der Waals surface area contributed by atoms with E-state index in [9.17, 15) is 10.1 Å². The summed E-state index contributed by atoms with van der Waals surface area (Å²) in [6.07, 6.45) is 7.36.